The van der Waals surface area contributed by atoms with Crippen molar-refractivity contribution in [1.82, 2.24) is 0 Å². The predicted molar refractivity (Wildman–Crippen MR) is 56.6 cm³/mol. The fraction of sp³-hybridized carbons (Fsp3) is 1.00. The average molecular weight is 304 g/mol. The highest BCUT2D eigenvalue weighted by Crippen LogP contribution is 2.28. The minimum Gasteiger partial charge on any atom is -0.371 e. The van der Waals surface area contributed by atoms with Gasteiger partial charge in [0.25, 0.3) is 5.92 Å². The molecule has 0 aromatic rings. The van der Waals surface area contributed by atoms with Gasteiger partial charge in [-0.3, -0.25) is 0 Å². The summed E-state index contributed by atoms with van der Waals surface area (Å²) in [5.41, 5.74) is 0. The monoisotopic (exact) mass is 304 g/mol. The molecule has 1 aliphatic carbocycles. The van der Waals surface area contributed by atoms with Gasteiger partial charge in [-0.2, -0.15) is 0 Å². The van der Waals surface area contributed by atoms with Crippen LogP contribution in [0.5, 0.6) is 0 Å². The summed E-state index contributed by atoms with van der Waals surface area (Å²) in [4.78, 5) is 0. The number of alkyl halides is 3. The van der Waals surface area contributed by atoms with Gasteiger partial charge in [-0.25, -0.2) is 8.78 Å². The van der Waals surface area contributed by atoms with Crippen molar-refractivity contribution in [2.75, 3.05) is 6.61 Å². The molecule has 0 aromatic heterocycles. The van der Waals surface area contributed by atoms with E-state index < -0.39 is 12.5 Å². The summed E-state index contributed by atoms with van der Waals surface area (Å²) in [5.74, 6) is -2.69. The van der Waals surface area contributed by atoms with E-state index >= 15 is 0 Å². The van der Waals surface area contributed by atoms with Crippen LogP contribution in [-0.2, 0) is 4.74 Å². The highest BCUT2D eigenvalue weighted by Gasteiger charge is 2.28. The zero-order valence-corrected chi connectivity index (χ0v) is 9.89. The van der Waals surface area contributed by atoms with Crippen molar-refractivity contribution in [3.05, 3.63) is 0 Å². The standard InChI is InChI=1S/C9H15F2IO/c1-9(10,11)6-13-8-5-3-2-4-7(8)12/h7-8H,2-6H2,1H3. The Hall–Kier alpha value is 0.550. The summed E-state index contributed by atoms with van der Waals surface area (Å²) in [5, 5.41) is 0. The van der Waals surface area contributed by atoms with Gasteiger partial charge in [-0.05, 0) is 12.8 Å². The van der Waals surface area contributed by atoms with Gasteiger partial charge in [0, 0.05) is 10.8 Å². The summed E-state index contributed by atoms with van der Waals surface area (Å²) in [6.07, 6.45) is 4.39. The van der Waals surface area contributed by atoms with Crippen molar-refractivity contribution in [2.45, 2.75) is 48.6 Å². The van der Waals surface area contributed by atoms with Gasteiger partial charge in [0.2, 0.25) is 0 Å². The fourth-order valence-electron chi connectivity index (χ4n) is 1.49. The third-order valence-electron chi connectivity index (χ3n) is 2.17. The average Bonchev–Trinajstić information content (AvgIpc) is 2.01. The Kier molecular flexibility index (Phi) is 4.35. The second kappa shape index (κ2) is 4.87. The Balaban J connectivity index is 2.27. The van der Waals surface area contributed by atoms with Crippen molar-refractivity contribution in [3.63, 3.8) is 0 Å². The van der Waals surface area contributed by atoms with Crippen LogP contribution in [0.4, 0.5) is 8.78 Å². The molecule has 78 valence electrons. The molecule has 0 aromatic carbocycles. The van der Waals surface area contributed by atoms with Crippen molar-refractivity contribution < 1.29 is 13.5 Å². The summed E-state index contributed by atoms with van der Waals surface area (Å²) >= 11 is 2.30. The smallest absolute Gasteiger partial charge is 0.268 e. The first-order valence-electron chi connectivity index (χ1n) is 4.62. The summed E-state index contributed by atoms with van der Waals surface area (Å²) in [6.45, 7) is 0.467. The Labute approximate surface area is 91.4 Å². The van der Waals surface area contributed by atoms with Gasteiger partial charge < -0.3 is 4.74 Å². The Morgan fingerprint density at radius 3 is 2.54 bits per heavy atom. The molecular weight excluding hydrogens is 289 g/mol. The summed E-state index contributed by atoms with van der Waals surface area (Å²) < 4.78 is 30.6. The van der Waals surface area contributed by atoms with Gasteiger partial charge in [0.15, 0.2) is 0 Å². The van der Waals surface area contributed by atoms with E-state index in [1.54, 1.807) is 0 Å². The van der Waals surface area contributed by atoms with E-state index in [0.717, 1.165) is 26.2 Å². The number of rotatable bonds is 3. The van der Waals surface area contributed by atoms with Crippen LogP contribution >= 0.6 is 22.6 Å². The zero-order chi connectivity index (χ0) is 9.90. The van der Waals surface area contributed by atoms with Crippen LogP contribution in [0, 0.1) is 0 Å². The maximum Gasteiger partial charge on any atom is 0.268 e. The minimum atomic E-state index is -2.69. The quantitative estimate of drug-likeness (QED) is 0.573. The molecule has 4 heteroatoms. The summed E-state index contributed by atoms with van der Waals surface area (Å²) in [7, 11) is 0. The first-order valence-corrected chi connectivity index (χ1v) is 5.87. The molecule has 2 unspecified atom stereocenters. The van der Waals surface area contributed by atoms with Gasteiger partial charge in [0.05, 0.1) is 6.10 Å². The molecule has 0 saturated heterocycles. The molecule has 1 aliphatic rings. The Bertz CT molecular complexity index is 158. The lowest BCUT2D eigenvalue weighted by Crippen LogP contribution is -2.32. The first-order chi connectivity index (χ1) is 5.99. The van der Waals surface area contributed by atoms with E-state index in [0.29, 0.717) is 3.92 Å². The summed E-state index contributed by atoms with van der Waals surface area (Å²) in [6, 6.07) is 0. The Morgan fingerprint density at radius 2 is 2.00 bits per heavy atom. The second-order valence-corrected chi connectivity index (χ2v) is 5.32. The molecule has 0 aliphatic heterocycles. The van der Waals surface area contributed by atoms with Crippen molar-refractivity contribution in [1.29, 1.82) is 0 Å². The number of hydrogen-bond donors (Lipinski definition) is 0. The van der Waals surface area contributed by atoms with Crippen LogP contribution in [0.3, 0.4) is 0 Å². The predicted octanol–water partition coefficient (Wildman–Crippen LogP) is 3.40. The van der Waals surface area contributed by atoms with E-state index in [9.17, 15) is 8.78 Å². The first kappa shape index (κ1) is 11.6. The van der Waals surface area contributed by atoms with E-state index in [1.165, 1.54) is 6.42 Å². The molecule has 1 saturated carbocycles. The van der Waals surface area contributed by atoms with E-state index in [2.05, 4.69) is 22.6 Å². The lowest BCUT2D eigenvalue weighted by molar-refractivity contribution is -0.0911. The molecule has 1 rings (SSSR count). The third-order valence-corrected chi connectivity index (χ3v) is 3.60. The molecule has 0 bridgehead atoms. The van der Waals surface area contributed by atoms with E-state index in [4.69, 9.17) is 4.74 Å². The van der Waals surface area contributed by atoms with E-state index in [-0.39, 0.29) is 6.10 Å². The van der Waals surface area contributed by atoms with Crippen LogP contribution in [0.25, 0.3) is 0 Å². The topological polar surface area (TPSA) is 9.23 Å². The third kappa shape index (κ3) is 4.54. The largest absolute Gasteiger partial charge is 0.371 e. The molecule has 0 spiro atoms. The molecule has 2 atom stereocenters. The number of halogens is 3. The normalized spacial score (nSPS) is 30.5. The lowest BCUT2D eigenvalue weighted by atomic mass is 9.98. The van der Waals surface area contributed by atoms with Crippen LogP contribution in [0.2, 0.25) is 0 Å². The molecule has 0 radical (unpaired) electrons. The molecular formula is C9H15F2IO. The van der Waals surface area contributed by atoms with Gasteiger partial charge in [-0.15, -0.1) is 0 Å². The van der Waals surface area contributed by atoms with Gasteiger partial charge in [-0.1, -0.05) is 35.4 Å². The highest BCUT2D eigenvalue weighted by molar-refractivity contribution is 14.1. The molecule has 0 N–H and O–H groups in total. The van der Waals surface area contributed by atoms with Crippen LogP contribution in [0.15, 0.2) is 0 Å². The van der Waals surface area contributed by atoms with Crippen LogP contribution < -0.4 is 0 Å². The maximum atomic E-state index is 12.5. The van der Waals surface area contributed by atoms with Crippen molar-refractivity contribution >= 4 is 22.6 Å². The molecule has 1 fully saturated rings. The van der Waals surface area contributed by atoms with Crippen LogP contribution in [0.1, 0.15) is 32.6 Å². The molecule has 0 amide bonds. The van der Waals surface area contributed by atoms with Crippen molar-refractivity contribution in [2.24, 2.45) is 0 Å². The Morgan fingerprint density at radius 1 is 1.38 bits per heavy atom. The molecule has 13 heavy (non-hydrogen) atoms. The van der Waals surface area contributed by atoms with Gasteiger partial charge in [0.1, 0.15) is 6.61 Å². The number of ether oxygens (including phenoxy) is 1. The van der Waals surface area contributed by atoms with Gasteiger partial charge >= 0.3 is 0 Å². The SMILES string of the molecule is CC(F)(F)COC1CCCCC1I. The highest BCUT2D eigenvalue weighted by atomic mass is 127. The maximum absolute atomic E-state index is 12.5. The molecule has 1 nitrogen and oxygen atoms in total. The van der Waals surface area contributed by atoms with Crippen LogP contribution in [-0.4, -0.2) is 22.6 Å². The van der Waals surface area contributed by atoms with E-state index in [1.807, 2.05) is 0 Å². The zero-order valence-electron chi connectivity index (χ0n) is 7.73. The lowest BCUT2D eigenvalue weighted by Gasteiger charge is -2.28. The second-order valence-electron chi connectivity index (χ2n) is 3.72. The molecule has 0 heterocycles. The van der Waals surface area contributed by atoms with Crippen molar-refractivity contribution in [3.8, 4) is 0 Å². The minimum absolute atomic E-state index is 0.0418. The number of hydrogen-bond acceptors (Lipinski definition) is 1. The fourth-order valence-corrected chi connectivity index (χ4v) is 2.50.